The molecule has 0 spiro atoms. The lowest BCUT2D eigenvalue weighted by Gasteiger charge is -2.13. The van der Waals surface area contributed by atoms with Crippen LogP contribution in [0, 0.1) is 0 Å². The Morgan fingerprint density at radius 2 is 2.17 bits per heavy atom. The van der Waals surface area contributed by atoms with Crippen molar-refractivity contribution in [1.82, 2.24) is 0 Å². The monoisotopic (exact) mass is 315 g/mol. The van der Waals surface area contributed by atoms with Gasteiger partial charge in [-0.3, -0.25) is 4.79 Å². The van der Waals surface area contributed by atoms with E-state index in [1.807, 2.05) is 19.1 Å². The van der Waals surface area contributed by atoms with Gasteiger partial charge in [-0.05, 0) is 46.5 Å². The number of phenols is 1. The summed E-state index contributed by atoms with van der Waals surface area (Å²) in [5, 5.41) is 9.92. The van der Waals surface area contributed by atoms with Gasteiger partial charge in [-0.1, -0.05) is 13.0 Å². The van der Waals surface area contributed by atoms with Crippen LogP contribution in [-0.4, -0.2) is 23.7 Å². The molecule has 1 unspecified atom stereocenters. The number of ether oxygens (including phenoxy) is 1. The quantitative estimate of drug-likeness (QED) is 0.817. The number of esters is 1. The SMILES string of the molecule is CCOC(=O)C(N)Cc1cc(CC)cc(Br)c1O. The van der Waals surface area contributed by atoms with Gasteiger partial charge in [0.1, 0.15) is 11.8 Å². The van der Waals surface area contributed by atoms with Crippen LogP contribution in [0.15, 0.2) is 16.6 Å². The van der Waals surface area contributed by atoms with Crippen molar-refractivity contribution in [3.8, 4) is 5.75 Å². The standard InChI is InChI=1S/C13H18BrNO3/c1-3-8-5-9(12(16)10(14)6-8)7-11(15)13(17)18-4-2/h5-6,11,16H,3-4,7,15H2,1-2H3. The summed E-state index contributed by atoms with van der Waals surface area (Å²) < 4.78 is 5.46. The topological polar surface area (TPSA) is 72.5 Å². The van der Waals surface area contributed by atoms with Gasteiger partial charge in [0.25, 0.3) is 0 Å². The maximum atomic E-state index is 11.5. The first-order chi connectivity index (χ1) is 8.49. The number of rotatable bonds is 5. The largest absolute Gasteiger partial charge is 0.506 e. The van der Waals surface area contributed by atoms with Gasteiger partial charge >= 0.3 is 5.97 Å². The fourth-order valence-corrected chi connectivity index (χ4v) is 2.20. The second-order valence-corrected chi connectivity index (χ2v) is 4.86. The summed E-state index contributed by atoms with van der Waals surface area (Å²) in [6.45, 7) is 4.06. The summed E-state index contributed by atoms with van der Waals surface area (Å²) in [5.74, 6) is -0.318. The Morgan fingerprint density at radius 3 is 2.72 bits per heavy atom. The molecule has 0 amide bonds. The zero-order valence-electron chi connectivity index (χ0n) is 10.6. The van der Waals surface area contributed by atoms with E-state index in [0.29, 0.717) is 16.6 Å². The summed E-state index contributed by atoms with van der Waals surface area (Å²) in [6, 6.07) is 2.96. The summed E-state index contributed by atoms with van der Waals surface area (Å²) in [4.78, 5) is 11.5. The van der Waals surface area contributed by atoms with Crippen LogP contribution in [0.25, 0.3) is 0 Å². The van der Waals surface area contributed by atoms with E-state index < -0.39 is 12.0 Å². The number of aryl methyl sites for hydroxylation is 1. The number of aromatic hydroxyl groups is 1. The Hall–Kier alpha value is -1.07. The molecule has 0 aromatic heterocycles. The van der Waals surface area contributed by atoms with Crippen LogP contribution in [0.2, 0.25) is 0 Å². The number of benzene rings is 1. The van der Waals surface area contributed by atoms with Crippen molar-refractivity contribution in [3.05, 3.63) is 27.7 Å². The molecule has 0 saturated carbocycles. The van der Waals surface area contributed by atoms with Crippen LogP contribution >= 0.6 is 15.9 Å². The molecule has 0 aliphatic rings. The molecular weight excluding hydrogens is 298 g/mol. The van der Waals surface area contributed by atoms with Gasteiger partial charge in [0.15, 0.2) is 0 Å². The van der Waals surface area contributed by atoms with Crippen LogP contribution < -0.4 is 5.73 Å². The maximum absolute atomic E-state index is 11.5. The van der Waals surface area contributed by atoms with E-state index in [-0.39, 0.29) is 12.2 Å². The van der Waals surface area contributed by atoms with E-state index in [2.05, 4.69) is 15.9 Å². The third-order valence-electron chi connectivity index (χ3n) is 2.64. The minimum absolute atomic E-state index is 0.131. The lowest BCUT2D eigenvalue weighted by Crippen LogP contribution is -2.34. The van der Waals surface area contributed by atoms with E-state index >= 15 is 0 Å². The van der Waals surface area contributed by atoms with Gasteiger partial charge in [0, 0.05) is 6.42 Å². The smallest absolute Gasteiger partial charge is 0.323 e. The van der Waals surface area contributed by atoms with E-state index in [1.54, 1.807) is 6.92 Å². The first-order valence-corrected chi connectivity index (χ1v) is 6.71. The van der Waals surface area contributed by atoms with Crippen molar-refractivity contribution in [2.45, 2.75) is 32.7 Å². The number of carbonyl (C=O) groups is 1. The number of nitrogens with two attached hydrogens (primary N) is 1. The molecule has 1 aromatic rings. The first-order valence-electron chi connectivity index (χ1n) is 5.92. The third-order valence-corrected chi connectivity index (χ3v) is 3.24. The molecule has 5 heteroatoms. The Kier molecular flexibility index (Phi) is 5.62. The average Bonchev–Trinajstić information content (AvgIpc) is 2.34. The van der Waals surface area contributed by atoms with Crippen molar-refractivity contribution in [2.24, 2.45) is 5.73 Å². The zero-order valence-corrected chi connectivity index (χ0v) is 12.2. The minimum Gasteiger partial charge on any atom is -0.506 e. The molecule has 0 aliphatic heterocycles. The van der Waals surface area contributed by atoms with Crippen molar-refractivity contribution in [1.29, 1.82) is 0 Å². The van der Waals surface area contributed by atoms with Crippen molar-refractivity contribution < 1.29 is 14.6 Å². The Labute approximate surface area is 115 Å². The zero-order chi connectivity index (χ0) is 13.7. The van der Waals surface area contributed by atoms with Crippen LogP contribution in [0.1, 0.15) is 25.0 Å². The molecule has 1 rings (SSSR count). The van der Waals surface area contributed by atoms with E-state index in [9.17, 15) is 9.90 Å². The molecule has 0 aliphatic carbocycles. The summed E-state index contributed by atoms with van der Waals surface area (Å²) in [7, 11) is 0. The second kappa shape index (κ2) is 6.75. The van der Waals surface area contributed by atoms with Crippen molar-refractivity contribution in [2.75, 3.05) is 6.61 Å². The minimum atomic E-state index is -0.755. The van der Waals surface area contributed by atoms with E-state index in [0.717, 1.165) is 12.0 Å². The average molecular weight is 316 g/mol. The molecule has 3 N–H and O–H groups in total. The molecule has 0 saturated heterocycles. The molecule has 0 heterocycles. The molecule has 100 valence electrons. The van der Waals surface area contributed by atoms with Crippen LogP contribution in [0.3, 0.4) is 0 Å². The second-order valence-electron chi connectivity index (χ2n) is 4.00. The number of hydrogen-bond acceptors (Lipinski definition) is 4. The molecule has 4 nitrogen and oxygen atoms in total. The lowest BCUT2D eigenvalue weighted by atomic mass is 10.0. The highest BCUT2D eigenvalue weighted by atomic mass is 79.9. The molecule has 18 heavy (non-hydrogen) atoms. The van der Waals surface area contributed by atoms with E-state index in [4.69, 9.17) is 10.5 Å². The first kappa shape index (κ1) is 15.0. The summed E-state index contributed by atoms with van der Waals surface area (Å²) in [5.41, 5.74) is 7.47. The van der Waals surface area contributed by atoms with Crippen molar-refractivity contribution in [3.63, 3.8) is 0 Å². The van der Waals surface area contributed by atoms with Gasteiger partial charge in [-0.15, -0.1) is 0 Å². The van der Waals surface area contributed by atoms with Gasteiger partial charge in [0.05, 0.1) is 11.1 Å². The molecule has 0 fully saturated rings. The third kappa shape index (κ3) is 3.71. The predicted molar refractivity (Wildman–Crippen MR) is 73.5 cm³/mol. The fourth-order valence-electron chi connectivity index (χ4n) is 1.65. The van der Waals surface area contributed by atoms with Gasteiger partial charge in [-0.2, -0.15) is 0 Å². The molecule has 1 aromatic carbocycles. The number of phenolic OH excluding ortho intramolecular Hbond substituents is 1. The highest BCUT2D eigenvalue weighted by molar-refractivity contribution is 9.10. The number of halogens is 1. The lowest BCUT2D eigenvalue weighted by molar-refractivity contribution is -0.144. The Balaban J connectivity index is 2.89. The van der Waals surface area contributed by atoms with Crippen LogP contribution in [0.4, 0.5) is 0 Å². The van der Waals surface area contributed by atoms with Gasteiger partial charge < -0.3 is 15.6 Å². The highest BCUT2D eigenvalue weighted by Gasteiger charge is 2.18. The normalized spacial score (nSPS) is 12.2. The summed E-state index contributed by atoms with van der Waals surface area (Å²) >= 11 is 3.29. The molecule has 0 radical (unpaired) electrons. The number of hydrogen-bond donors (Lipinski definition) is 2. The summed E-state index contributed by atoms with van der Waals surface area (Å²) in [6.07, 6.45) is 1.11. The molecule has 1 atom stereocenters. The number of carbonyl (C=O) groups excluding carboxylic acids is 1. The van der Waals surface area contributed by atoms with Gasteiger partial charge in [0.2, 0.25) is 0 Å². The van der Waals surface area contributed by atoms with Crippen LogP contribution in [-0.2, 0) is 22.4 Å². The predicted octanol–water partition coefficient (Wildman–Crippen LogP) is 2.15. The Bertz CT molecular complexity index is 434. The van der Waals surface area contributed by atoms with Crippen molar-refractivity contribution >= 4 is 21.9 Å². The van der Waals surface area contributed by atoms with E-state index in [1.165, 1.54) is 0 Å². The highest BCUT2D eigenvalue weighted by Crippen LogP contribution is 2.30. The van der Waals surface area contributed by atoms with Crippen LogP contribution in [0.5, 0.6) is 5.75 Å². The molecular formula is C13H18BrNO3. The van der Waals surface area contributed by atoms with Gasteiger partial charge in [-0.25, -0.2) is 0 Å². The maximum Gasteiger partial charge on any atom is 0.323 e. The Morgan fingerprint density at radius 1 is 1.50 bits per heavy atom. The fraction of sp³-hybridized carbons (Fsp3) is 0.462. The molecule has 0 bridgehead atoms.